The number of likely N-dealkylation sites (tertiary alicyclic amines) is 2. The molecule has 2 atom stereocenters. The minimum Gasteiger partial charge on any atom is -0.330 e. The molecule has 2 heterocycles. The third-order valence-electron chi connectivity index (χ3n) is 8.35. The van der Waals surface area contributed by atoms with E-state index in [9.17, 15) is 19.2 Å². The van der Waals surface area contributed by atoms with E-state index in [0.29, 0.717) is 37.3 Å². The van der Waals surface area contributed by atoms with Crippen LogP contribution in [0.1, 0.15) is 62.5 Å². The van der Waals surface area contributed by atoms with Crippen LogP contribution < -0.4 is 10.6 Å². The average molecular weight is 541 g/mol. The molecule has 4 fully saturated rings. The average Bonchev–Trinajstić information content (AvgIpc) is 3.89. The normalized spacial score (nSPS) is 22.5. The Balaban J connectivity index is 1.00. The smallest absolute Gasteiger partial charge is 0.247 e. The minimum absolute atomic E-state index is 0.114. The van der Waals surface area contributed by atoms with Gasteiger partial charge in [-0.2, -0.15) is 0 Å². The molecule has 6 rings (SSSR count). The Hall–Kier alpha value is -3.94. The highest BCUT2D eigenvalue weighted by molar-refractivity contribution is 5.99. The Morgan fingerprint density at radius 2 is 0.950 bits per heavy atom. The number of hydrogen-bond acceptors (Lipinski definition) is 4. The fourth-order valence-electron chi connectivity index (χ4n) is 5.73. The van der Waals surface area contributed by atoms with Crippen molar-refractivity contribution in [1.29, 1.82) is 0 Å². The quantitative estimate of drug-likeness (QED) is 0.481. The Labute approximate surface area is 234 Å². The van der Waals surface area contributed by atoms with Gasteiger partial charge in [0.15, 0.2) is 0 Å². The number of carbonyl (C=O) groups excluding carboxylic acids is 4. The Kier molecular flexibility index (Phi) is 7.41. The van der Waals surface area contributed by atoms with E-state index in [1.54, 1.807) is 9.80 Å². The first-order valence-electron chi connectivity index (χ1n) is 14.6. The lowest BCUT2D eigenvalue weighted by atomic mass is 10.1. The standard InChI is InChI=1S/C32H36N4O4/c37-29(27-3-1-19-35(27)31(39)23-11-12-23)33-25-15-7-21(8-16-25)5-6-22-9-17-26(18-10-22)34-30(38)28-4-2-20-36(28)32(40)24-13-14-24/h5-10,15-18,23-24,27-28H,1-4,11-14,19-20H2,(H,33,37)(H,34,38)/b6-5+/t27-,28-/m0/s1. The summed E-state index contributed by atoms with van der Waals surface area (Å²) in [5.41, 5.74) is 3.41. The molecule has 2 saturated heterocycles. The Morgan fingerprint density at radius 3 is 1.30 bits per heavy atom. The molecule has 0 bridgehead atoms. The van der Waals surface area contributed by atoms with Gasteiger partial charge in [-0.3, -0.25) is 19.2 Å². The molecule has 0 radical (unpaired) electrons. The predicted molar refractivity (Wildman–Crippen MR) is 154 cm³/mol. The molecule has 2 saturated carbocycles. The number of nitrogens with one attached hydrogen (secondary N) is 2. The number of rotatable bonds is 8. The lowest BCUT2D eigenvalue weighted by Crippen LogP contribution is -2.43. The summed E-state index contributed by atoms with van der Waals surface area (Å²) in [6.07, 6.45) is 10.9. The van der Waals surface area contributed by atoms with Gasteiger partial charge in [-0.25, -0.2) is 0 Å². The molecule has 2 aliphatic heterocycles. The zero-order valence-corrected chi connectivity index (χ0v) is 22.7. The maximum Gasteiger partial charge on any atom is 0.247 e. The van der Waals surface area contributed by atoms with E-state index < -0.39 is 0 Å². The second-order valence-corrected chi connectivity index (χ2v) is 11.5. The van der Waals surface area contributed by atoms with E-state index >= 15 is 0 Å². The largest absolute Gasteiger partial charge is 0.330 e. The van der Waals surface area contributed by atoms with Crippen LogP contribution in [0.5, 0.6) is 0 Å². The Bertz CT molecular complexity index is 1210. The zero-order valence-electron chi connectivity index (χ0n) is 22.7. The van der Waals surface area contributed by atoms with E-state index in [1.807, 2.05) is 60.7 Å². The molecule has 208 valence electrons. The van der Waals surface area contributed by atoms with Crippen LogP contribution >= 0.6 is 0 Å². The highest BCUT2D eigenvalue weighted by atomic mass is 16.2. The summed E-state index contributed by atoms with van der Waals surface area (Å²) < 4.78 is 0. The van der Waals surface area contributed by atoms with Crippen molar-refractivity contribution in [1.82, 2.24) is 9.80 Å². The second kappa shape index (κ2) is 11.3. The second-order valence-electron chi connectivity index (χ2n) is 11.5. The van der Waals surface area contributed by atoms with E-state index in [2.05, 4.69) is 10.6 Å². The molecule has 40 heavy (non-hydrogen) atoms. The van der Waals surface area contributed by atoms with Gasteiger partial charge in [-0.05, 0) is 86.8 Å². The molecule has 0 spiro atoms. The number of nitrogens with zero attached hydrogens (tertiary/aromatic N) is 2. The van der Waals surface area contributed by atoms with Gasteiger partial charge >= 0.3 is 0 Å². The van der Waals surface area contributed by atoms with Crippen LogP contribution in [-0.2, 0) is 19.2 Å². The number of benzene rings is 2. The van der Waals surface area contributed by atoms with Crippen molar-refractivity contribution in [3.8, 4) is 0 Å². The molecular weight excluding hydrogens is 504 g/mol. The topological polar surface area (TPSA) is 98.8 Å². The van der Waals surface area contributed by atoms with Crippen molar-refractivity contribution in [2.24, 2.45) is 11.8 Å². The minimum atomic E-state index is -0.372. The van der Waals surface area contributed by atoms with Crippen molar-refractivity contribution < 1.29 is 19.2 Å². The van der Waals surface area contributed by atoms with Gasteiger partial charge in [0, 0.05) is 36.3 Å². The molecule has 0 aromatic heterocycles. The molecule has 4 aliphatic rings. The third kappa shape index (κ3) is 5.96. The summed E-state index contributed by atoms with van der Waals surface area (Å²) in [7, 11) is 0. The first kappa shape index (κ1) is 26.3. The lowest BCUT2D eigenvalue weighted by molar-refractivity contribution is -0.137. The van der Waals surface area contributed by atoms with Gasteiger partial charge in [0.25, 0.3) is 0 Å². The van der Waals surface area contributed by atoms with Crippen molar-refractivity contribution in [2.75, 3.05) is 23.7 Å². The highest BCUT2D eigenvalue weighted by Gasteiger charge is 2.42. The molecule has 2 aromatic carbocycles. The first-order valence-corrected chi connectivity index (χ1v) is 14.6. The van der Waals surface area contributed by atoms with Gasteiger partial charge in [0.2, 0.25) is 23.6 Å². The van der Waals surface area contributed by atoms with E-state index in [-0.39, 0.29) is 47.5 Å². The number of carbonyl (C=O) groups is 4. The first-order chi connectivity index (χ1) is 19.5. The summed E-state index contributed by atoms with van der Waals surface area (Å²) in [4.78, 5) is 54.2. The highest BCUT2D eigenvalue weighted by Crippen LogP contribution is 2.35. The molecule has 4 amide bonds. The summed E-state index contributed by atoms with van der Waals surface area (Å²) in [5.74, 6) is 0.291. The monoisotopic (exact) mass is 540 g/mol. The van der Waals surface area contributed by atoms with Crippen LogP contribution in [0, 0.1) is 11.8 Å². The van der Waals surface area contributed by atoms with Crippen molar-refractivity contribution in [2.45, 2.75) is 63.5 Å². The molecule has 2 aliphatic carbocycles. The molecular formula is C32H36N4O4. The van der Waals surface area contributed by atoms with Gasteiger partial charge in [-0.1, -0.05) is 36.4 Å². The van der Waals surface area contributed by atoms with E-state index in [1.165, 1.54) is 0 Å². The maximum atomic E-state index is 12.8. The fourth-order valence-corrected chi connectivity index (χ4v) is 5.73. The summed E-state index contributed by atoms with van der Waals surface area (Å²) in [6, 6.07) is 14.5. The third-order valence-corrected chi connectivity index (χ3v) is 8.35. The number of amides is 4. The van der Waals surface area contributed by atoms with Crippen molar-refractivity contribution in [3.05, 3.63) is 59.7 Å². The van der Waals surface area contributed by atoms with Crippen LogP contribution in [0.4, 0.5) is 11.4 Å². The zero-order chi connectivity index (χ0) is 27.6. The molecule has 8 nitrogen and oxygen atoms in total. The Morgan fingerprint density at radius 1 is 0.575 bits per heavy atom. The van der Waals surface area contributed by atoms with Crippen LogP contribution in [-0.4, -0.2) is 58.6 Å². The number of anilines is 2. The van der Waals surface area contributed by atoms with Crippen LogP contribution in [0.3, 0.4) is 0 Å². The van der Waals surface area contributed by atoms with Crippen LogP contribution in [0.15, 0.2) is 48.5 Å². The van der Waals surface area contributed by atoms with Gasteiger partial charge in [-0.15, -0.1) is 0 Å². The van der Waals surface area contributed by atoms with Gasteiger partial charge < -0.3 is 20.4 Å². The van der Waals surface area contributed by atoms with Crippen LogP contribution in [0.2, 0.25) is 0 Å². The lowest BCUT2D eigenvalue weighted by Gasteiger charge is -2.24. The molecule has 8 heteroatoms. The van der Waals surface area contributed by atoms with Crippen LogP contribution in [0.25, 0.3) is 12.2 Å². The van der Waals surface area contributed by atoms with Gasteiger partial charge in [0.05, 0.1) is 0 Å². The molecule has 2 N–H and O–H groups in total. The van der Waals surface area contributed by atoms with Crippen molar-refractivity contribution in [3.63, 3.8) is 0 Å². The van der Waals surface area contributed by atoms with E-state index in [0.717, 1.165) is 49.7 Å². The molecule has 0 unspecified atom stereocenters. The summed E-state index contributed by atoms with van der Waals surface area (Å²) in [6.45, 7) is 1.34. The fraction of sp³-hybridized carbons (Fsp3) is 0.438. The predicted octanol–water partition coefficient (Wildman–Crippen LogP) is 4.54. The van der Waals surface area contributed by atoms with Gasteiger partial charge in [0.1, 0.15) is 12.1 Å². The van der Waals surface area contributed by atoms with E-state index in [4.69, 9.17) is 0 Å². The summed E-state index contributed by atoms with van der Waals surface area (Å²) in [5, 5.41) is 5.95. The summed E-state index contributed by atoms with van der Waals surface area (Å²) >= 11 is 0. The number of hydrogen-bond donors (Lipinski definition) is 2. The molecule has 2 aromatic rings. The SMILES string of the molecule is O=C(Nc1ccc(/C=C/c2ccc(NC(=O)[C@@H]3CCCN3C(=O)C3CC3)cc2)cc1)[C@@H]1CCCN1C(=O)C1CC1. The maximum absolute atomic E-state index is 12.8. The van der Waals surface area contributed by atoms with Crippen molar-refractivity contribution >= 4 is 47.2 Å².